The number of piperidine rings is 1. The Balaban J connectivity index is 1.63. The molecule has 0 aliphatic carbocycles. The third-order valence-corrected chi connectivity index (χ3v) is 6.25. The van der Waals surface area contributed by atoms with Gasteiger partial charge in [0.15, 0.2) is 0 Å². The van der Waals surface area contributed by atoms with Crippen LogP contribution in [0, 0.1) is 0 Å². The van der Waals surface area contributed by atoms with E-state index in [0.717, 1.165) is 10.2 Å². The summed E-state index contributed by atoms with van der Waals surface area (Å²) < 4.78 is 33.5. The molecule has 3 rings (SSSR count). The van der Waals surface area contributed by atoms with Gasteiger partial charge in [0.05, 0.1) is 4.90 Å². The zero-order valence-corrected chi connectivity index (χ0v) is 14.8. The van der Waals surface area contributed by atoms with Gasteiger partial charge >= 0.3 is 0 Å². The zero-order chi connectivity index (χ0) is 16.3. The Kier molecular flexibility index (Phi) is 4.99. The maximum Gasteiger partial charge on any atom is 0.243 e. The number of ether oxygens (including phenoxy) is 1. The van der Waals surface area contributed by atoms with Gasteiger partial charge in [-0.2, -0.15) is 4.31 Å². The molecule has 1 aliphatic rings. The number of rotatable bonds is 4. The van der Waals surface area contributed by atoms with Gasteiger partial charge in [-0.25, -0.2) is 8.42 Å². The van der Waals surface area contributed by atoms with Gasteiger partial charge in [-0.05, 0) is 49.2 Å². The highest BCUT2D eigenvalue weighted by Gasteiger charge is 2.30. The summed E-state index contributed by atoms with van der Waals surface area (Å²) in [5.41, 5.74) is 0. The number of nitrogens with zero attached hydrogens (tertiary/aromatic N) is 2. The van der Waals surface area contributed by atoms with Gasteiger partial charge in [0.1, 0.15) is 11.9 Å². The van der Waals surface area contributed by atoms with E-state index in [4.69, 9.17) is 4.74 Å². The predicted octanol–water partition coefficient (Wildman–Crippen LogP) is 3.08. The molecule has 0 bridgehead atoms. The lowest BCUT2D eigenvalue weighted by Gasteiger charge is -2.31. The summed E-state index contributed by atoms with van der Waals surface area (Å²) in [4.78, 5) is 4.28. The first-order chi connectivity index (χ1) is 11.1. The Hall–Kier alpha value is -1.44. The number of halogens is 1. The van der Waals surface area contributed by atoms with Crippen LogP contribution in [0.3, 0.4) is 0 Å². The summed E-state index contributed by atoms with van der Waals surface area (Å²) in [5, 5.41) is 0. The number of sulfonamides is 1. The average molecular weight is 397 g/mol. The van der Waals surface area contributed by atoms with Crippen molar-refractivity contribution >= 4 is 26.0 Å². The maximum atomic E-state index is 12.6. The second kappa shape index (κ2) is 6.98. The molecule has 122 valence electrons. The van der Waals surface area contributed by atoms with E-state index in [1.165, 1.54) is 4.31 Å². The molecule has 0 amide bonds. The average Bonchev–Trinajstić information content (AvgIpc) is 2.57. The predicted molar refractivity (Wildman–Crippen MR) is 90.8 cm³/mol. The van der Waals surface area contributed by atoms with Crippen LogP contribution in [-0.2, 0) is 10.0 Å². The van der Waals surface area contributed by atoms with Gasteiger partial charge < -0.3 is 4.74 Å². The van der Waals surface area contributed by atoms with Gasteiger partial charge in [0, 0.05) is 30.0 Å². The molecule has 0 saturated carbocycles. The van der Waals surface area contributed by atoms with E-state index in [9.17, 15) is 8.42 Å². The fourth-order valence-corrected chi connectivity index (χ4v) is 4.29. The molecule has 5 nitrogen and oxygen atoms in total. The second-order valence-corrected chi connectivity index (χ2v) is 8.21. The van der Waals surface area contributed by atoms with E-state index in [1.807, 2.05) is 12.1 Å². The summed E-state index contributed by atoms with van der Waals surface area (Å²) >= 11 is 3.32. The van der Waals surface area contributed by atoms with E-state index >= 15 is 0 Å². The van der Waals surface area contributed by atoms with Gasteiger partial charge in [0.2, 0.25) is 10.0 Å². The van der Waals surface area contributed by atoms with Crippen molar-refractivity contribution < 1.29 is 13.2 Å². The van der Waals surface area contributed by atoms with Crippen LogP contribution in [0.15, 0.2) is 58.2 Å². The quantitative estimate of drug-likeness (QED) is 0.796. The van der Waals surface area contributed by atoms with Crippen molar-refractivity contribution in [3.8, 4) is 5.75 Å². The van der Waals surface area contributed by atoms with Crippen molar-refractivity contribution in [3.63, 3.8) is 0 Å². The first-order valence-corrected chi connectivity index (χ1v) is 9.61. The number of hydrogen-bond acceptors (Lipinski definition) is 4. The van der Waals surface area contributed by atoms with Crippen LogP contribution in [0.1, 0.15) is 12.8 Å². The second-order valence-electron chi connectivity index (χ2n) is 5.36. The van der Waals surface area contributed by atoms with Gasteiger partial charge in [0.25, 0.3) is 0 Å². The van der Waals surface area contributed by atoms with Crippen LogP contribution in [0.25, 0.3) is 0 Å². The minimum atomic E-state index is -3.43. The third kappa shape index (κ3) is 3.91. The number of pyridine rings is 1. The Morgan fingerprint density at radius 3 is 2.26 bits per heavy atom. The number of aromatic nitrogens is 1. The third-order valence-electron chi connectivity index (χ3n) is 3.80. The molecule has 0 atom stereocenters. The van der Waals surface area contributed by atoms with E-state index in [2.05, 4.69) is 20.9 Å². The molecule has 0 spiro atoms. The molecular formula is C16H17BrN2O3S. The lowest BCUT2D eigenvalue weighted by Crippen LogP contribution is -2.41. The lowest BCUT2D eigenvalue weighted by atomic mass is 10.1. The monoisotopic (exact) mass is 396 g/mol. The van der Waals surface area contributed by atoms with Crippen molar-refractivity contribution in [2.24, 2.45) is 0 Å². The van der Waals surface area contributed by atoms with E-state index in [-0.39, 0.29) is 6.10 Å². The Morgan fingerprint density at radius 2 is 1.65 bits per heavy atom. The molecule has 2 heterocycles. The summed E-state index contributed by atoms with van der Waals surface area (Å²) in [7, 11) is -3.43. The molecule has 1 aromatic carbocycles. The SMILES string of the molecule is O=S(=O)(c1ccc(Br)cc1)N1CCC(Oc2ccncc2)CC1. The number of benzene rings is 1. The van der Waals surface area contributed by atoms with Crippen molar-refractivity contribution in [2.45, 2.75) is 23.8 Å². The molecule has 7 heteroatoms. The normalized spacial score (nSPS) is 17.1. The minimum Gasteiger partial charge on any atom is -0.490 e. The minimum absolute atomic E-state index is 0.0359. The molecule has 0 radical (unpaired) electrons. The van der Waals surface area contributed by atoms with Crippen LogP contribution in [0.2, 0.25) is 0 Å². The topological polar surface area (TPSA) is 59.5 Å². The molecule has 0 N–H and O–H groups in total. The summed E-state index contributed by atoms with van der Waals surface area (Å²) in [6, 6.07) is 10.4. The first kappa shape index (κ1) is 16.4. The van der Waals surface area contributed by atoms with Crippen molar-refractivity contribution in [2.75, 3.05) is 13.1 Å². The number of hydrogen-bond donors (Lipinski definition) is 0. The van der Waals surface area contributed by atoms with Crippen molar-refractivity contribution in [1.29, 1.82) is 0 Å². The lowest BCUT2D eigenvalue weighted by molar-refractivity contribution is 0.135. The molecule has 2 aromatic rings. The Morgan fingerprint density at radius 1 is 1.04 bits per heavy atom. The van der Waals surface area contributed by atoms with Crippen LogP contribution < -0.4 is 4.74 Å². The Bertz CT molecular complexity index is 743. The fraction of sp³-hybridized carbons (Fsp3) is 0.312. The van der Waals surface area contributed by atoms with Crippen LogP contribution >= 0.6 is 15.9 Å². The summed E-state index contributed by atoms with van der Waals surface area (Å²) in [5.74, 6) is 0.772. The highest BCUT2D eigenvalue weighted by molar-refractivity contribution is 9.10. The molecule has 23 heavy (non-hydrogen) atoms. The largest absolute Gasteiger partial charge is 0.490 e. The summed E-state index contributed by atoms with van der Waals surface area (Å²) in [6.45, 7) is 0.933. The summed E-state index contributed by atoms with van der Waals surface area (Å²) in [6.07, 6.45) is 4.76. The molecular weight excluding hydrogens is 380 g/mol. The standard InChI is InChI=1S/C16H17BrN2O3S/c17-13-1-3-16(4-2-13)23(20,21)19-11-7-15(8-12-19)22-14-5-9-18-10-6-14/h1-6,9-10,15H,7-8,11-12H2. The van der Waals surface area contributed by atoms with Crippen LogP contribution in [0.4, 0.5) is 0 Å². The van der Waals surface area contributed by atoms with E-state index in [1.54, 1.807) is 36.7 Å². The molecule has 1 aliphatic heterocycles. The molecule has 1 fully saturated rings. The van der Waals surface area contributed by atoms with Gasteiger partial charge in [-0.15, -0.1) is 0 Å². The van der Waals surface area contributed by atoms with Gasteiger partial charge in [-0.3, -0.25) is 4.98 Å². The van der Waals surface area contributed by atoms with E-state index < -0.39 is 10.0 Å². The van der Waals surface area contributed by atoms with Gasteiger partial charge in [-0.1, -0.05) is 15.9 Å². The van der Waals surface area contributed by atoms with Crippen molar-refractivity contribution in [1.82, 2.24) is 9.29 Å². The maximum absolute atomic E-state index is 12.6. The highest BCUT2D eigenvalue weighted by atomic mass is 79.9. The zero-order valence-electron chi connectivity index (χ0n) is 12.4. The van der Waals surface area contributed by atoms with Crippen molar-refractivity contribution in [3.05, 3.63) is 53.3 Å². The first-order valence-electron chi connectivity index (χ1n) is 7.38. The highest BCUT2D eigenvalue weighted by Crippen LogP contribution is 2.24. The molecule has 1 aromatic heterocycles. The fourth-order valence-electron chi connectivity index (χ4n) is 2.56. The smallest absolute Gasteiger partial charge is 0.243 e. The Labute approximate surface area is 144 Å². The molecule has 0 unspecified atom stereocenters. The van der Waals surface area contributed by atoms with E-state index in [0.29, 0.717) is 30.8 Å². The molecule has 1 saturated heterocycles. The van der Waals surface area contributed by atoms with Crippen LogP contribution in [0.5, 0.6) is 5.75 Å². The van der Waals surface area contributed by atoms with Crippen LogP contribution in [-0.4, -0.2) is 36.9 Å².